The maximum Gasteiger partial charge on any atom is 0.307 e. The van der Waals surface area contributed by atoms with Crippen LogP contribution in [-0.2, 0) is 9.59 Å². The van der Waals surface area contributed by atoms with Crippen LogP contribution in [-0.4, -0.2) is 58.5 Å². The minimum Gasteiger partial charge on any atom is -0.481 e. The van der Waals surface area contributed by atoms with Gasteiger partial charge in [-0.25, -0.2) is 0 Å². The number of hydrogen-bond donors (Lipinski definition) is 1. The molecule has 1 heterocycles. The van der Waals surface area contributed by atoms with Crippen molar-refractivity contribution < 1.29 is 14.7 Å². The van der Waals surface area contributed by atoms with Gasteiger partial charge in [0.2, 0.25) is 5.91 Å². The Balaban J connectivity index is 1.98. The molecule has 5 heteroatoms. The first-order chi connectivity index (χ1) is 9.80. The summed E-state index contributed by atoms with van der Waals surface area (Å²) in [4.78, 5) is 28.2. The maximum atomic E-state index is 12.6. The molecule has 1 aliphatic carbocycles. The number of carboxylic acid groups (broad SMARTS) is 1. The third-order valence-electron chi connectivity index (χ3n) is 4.61. The van der Waals surface area contributed by atoms with Gasteiger partial charge >= 0.3 is 5.97 Å². The minimum atomic E-state index is -0.856. The van der Waals surface area contributed by atoms with Crippen LogP contribution in [0, 0.1) is 11.8 Å². The molecule has 5 nitrogen and oxygen atoms in total. The number of carboxylic acids is 1. The summed E-state index contributed by atoms with van der Waals surface area (Å²) in [5.74, 6) is -1.80. The lowest BCUT2D eigenvalue weighted by Gasteiger charge is -2.43. The fourth-order valence-electron chi connectivity index (χ4n) is 3.19. The number of aliphatic carboxylic acids is 1. The van der Waals surface area contributed by atoms with Gasteiger partial charge < -0.3 is 10.0 Å². The van der Waals surface area contributed by atoms with E-state index in [4.69, 9.17) is 0 Å². The van der Waals surface area contributed by atoms with Crippen molar-refractivity contribution in [3.63, 3.8) is 0 Å². The van der Waals surface area contributed by atoms with Crippen LogP contribution < -0.4 is 0 Å². The van der Waals surface area contributed by atoms with Crippen LogP contribution in [0.2, 0.25) is 0 Å². The number of amides is 1. The van der Waals surface area contributed by atoms with E-state index in [1.165, 1.54) is 0 Å². The molecule has 21 heavy (non-hydrogen) atoms. The van der Waals surface area contributed by atoms with Crippen LogP contribution in [0.5, 0.6) is 0 Å². The van der Waals surface area contributed by atoms with E-state index >= 15 is 0 Å². The second-order valence-corrected chi connectivity index (χ2v) is 6.98. The van der Waals surface area contributed by atoms with E-state index in [1.54, 1.807) is 0 Å². The Morgan fingerprint density at radius 1 is 1.00 bits per heavy atom. The zero-order chi connectivity index (χ0) is 15.6. The van der Waals surface area contributed by atoms with Crippen molar-refractivity contribution in [2.24, 2.45) is 11.8 Å². The lowest BCUT2D eigenvalue weighted by Crippen LogP contribution is -2.56. The smallest absolute Gasteiger partial charge is 0.307 e. The summed E-state index contributed by atoms with van der Waals surface area (Å²) in [6.07, 6.45) is 4.83. The Bertz CT molecular complexity index is 431. The van der Waals surface area contributed by atoms with Crippen molar-refractivity contribution in [1.29, 1.82) is 0 Å². The van der Waals surface area contributed by atoms with E-state index in [-0.39, 0.29) is 11.4 Å². The predicted octanol–water partition coefficient (Wildman–Crippen LogP) is 1.60. The summed E-state index contributed by atoms with van der Waals surface area (Å²) < 4.78 is 0. The molecule has 1 amide bonds. The van der Waals surface area contributed by atoms with Crippen molar-refractivity contribution >= 4 is 11.9 Å². The van der Waals surface area contributed by atoms with Crippen LogP contribution >= 0.6 is 0 Å². The number of hydrogen-bond acceptors (Lipinski definition) is 3. The van der Waals surface area contributed by atoms with Gasteiger partial charge in [-0.15, -0.1) is 0 Å². The highest BCUT2D eigenvalue weighted by Crippen LogP contribution is 2.28. The van der Waals surface area contributed by atoms with Gasteiger partial charge in [-0.1, -0.05) is 12.2 Å². The normalized spacial score (nSPS) is 27.7. The third kappa shape index (κ3) is 3.64. The Hall–Kier alpha value is -1.36. The van der Waals surface area contributed by atoms with Crippen molar-refractivity contribution in [3.8, 4) is 0 Å². The van der Waals surface area contributed by atoms with Crippen LogP contribution in [0.15, 0.2) is 12.2 Å². The van der Waals surface area contributed by atoms with Crippen LogP contribution in [0.25, 0.3) is 0 Å². The highest BCUT2D eigenvalue weighted by Gasteiger charge is 2.37. The first kappa shape index (κ1) is 16.0. The first-order valence-corrected chi connectivity index (χ1v) is 7.72. The lowest BCUT2D eigenvalue weighted by molar-refractivity contribution is -0.151. The molecule has 1 saturated heterocycles. The SMILES string of the molecule is CC(C)(C)N1CCN(C(=O)[C@@H]2CC=CC[C@@H]2C(=O)O)CC1. The molecule has 1 aliphatic heterocycles. The van der Waals surface area contributed by atoms with Gasteiger partial charge in [0.15, 0.2) is 0 Å². The van der Waals surface area contributed by atoms with E-state index in [9.17, 15) is 14.7 Å². The van der Waals surface area contributed by atoms with Crippen LogP contribution in [0.4, 0.5) is 0 Å². The molecule has 0 aromatic rings. The average Bonchev–Trinajstić information content (AvgIpc) is 2.45. The van der Waals surface area contributed by atoms with Crippen molar-refractivity contribution in [2.75, 3.05) is 26.2 Å². The van der Waals surface area contributed by atoms with Gasteiger partial charge in [-0.05, 0) is 33.6 Å². The molecular formula is C16H26N2O3. The number of nitrogens with zero attached hydrogens (tertiary/aromatic N) is 2. The highest BCUT2D eigenvalue weighted by atomic mass is 16.4. The zero-order valence-corrected chi connectivity index (χ0v) is 13.2. The first-order valence-electron chi connectivity index (χ1n) is 7.72. The second-order valence-electron chi connectivity index (χ2n) is 6.98. The molecule has 0 aromatic heterocycles. The zero-order valence-electron chi connectivity index (χ0n) is 13.2. The summed E-state index contributed by atoms with van der Waals surface area (Å²) in [7, 11) is 0. The van der Waals surface area contributed by atoms with Gasteiger partial charge in [0.1, 0.15) is 0 Å². The second kappa shape index (κ2) is 6.18. The summed E-state index contributed by atoms with van der Waals surface area (Å²) >= 11 is 0. The van der Waals surface area contributed by atoms with Gasteiger partial charge in [0.25, 0.3) is 0 Å². The molecule has 1 N–H and O–H groups in total. The van der Waals surface area contributed by atoms with Gasteiger partial charge in [-0.2, -0.15) is 0 Å². The van der Waals surface area contributed by atoms with Crippen molar-refractivity contribution in [2.45, 2.75) is 39.2 Å². The van der Waals surface area contributed by atoms with Crippen LogP contribution in [0.1, 0.15) is 33.6 Å². The Labute approximate surface area is 126 Å². The predicted molar refractivity (Wildman–Crippen MR) is 80.9 cm³/mol. The monoisotopic (exact) mass is 294 g/mol. The standard InChI is InChI=1S/C16H26N2O3/c1-16(2,3)18-10-8-17(9-11-18)14(19)12-6-4-5-7-13(12)15(20)21/h4-5,12-13H,6-11H2,1-3H3,(H,20,21)/t12-,13+/m1/s1. The topological polar surface area (TPSA) is 60.9 Å². The Kier molecular flexibility index (Phi) is 4.71. The van der Waals surface area contributed by atoms with E-state index in [0.717, 1.165) is 13.1 Å². The van der Waals surface area contributed by atoms with E-state index in [2.05, 4.69) is 25.7 Å². The summed E-state index contributed by atoms with van der Waals surface area (Å²) in [5, 5.41) is 9.29. The molecule has 0 spiro atoms. The van der Waals surface area contributed by atoms with E-state index in [1.807, 2.05) is 17.1 Å². The third-order valence-corrected chi connectivity index (χ3v) is 4.61. The van der Waals surface area contributed by atoms with Crippen molar-refractivity contribution in [1.82, 2.24) is 9.80 Å². The maximum absolute atomic E-state index is 12.6. The quantitative estimate of drug-likeness (QED) is 0.786. The summed E-state index contributed by atoms with van der Waals surface area (Å²) in [6.45, 7) is 9.64. The molecule has 2 rings (SSSR count). The molecule has 1 fully saturated rings. The van der Waals surface area contributed by atoms with Gasteiger partial charge in [0, 0.05) is 31.7 Å². The molecule has 118 valence electrons. The highest BCUT2D eigenvalue weighted by molar-refractivity contribution is 5.85. The van der Waals surface area contributed by atoms with E-state index in [0.29, 0.717) is 25.9 Å². The molecule has 2 aliphatic rings. The van der Waals surface area contributed by atoms with Crippen molar-refractivity contribution in [3.05, 3.63) is 12.2 Å². The van der Waals surface area contributed by atoms with Gasteiger partial charge in [0.05, 0.1) is 11.8 Å². The Morgan fingerprint density at radius 2 is 1.52 bits per heavy atom. The number of piperazine rings is 1. The van der Waals surface area contributed by atoms with Crippen LogP contribution in [0.3, 0.4) is 0 Å². The lowest BCUT2D eigenvalue weighted by atomic mass is 9.82. The largest absolute Gasteiger partial charge is 0.481 e. The number of carbonyl (C=O) groups excluding carboxylic acids is 1. The molecular weight excluding hydrogens is 268 g/mol. The number of carbonyl (C=O) groups is 2. The van der Waals surface area contributed by atoms with E-state index < -0.39 is 17.8 Å². The number of rotatable bonds is 2. The molecule has 2 atom stereocenters. The molecule has 0 saturated carbocycles. The van der Waals surface area contributed by atoms with Gasteiger partial charge in [-0.3, -0.25) is 14.5 Å². The molecule has 0 unspecified atom stereocenters. The molecule has 0 aromatic carbocycles. The summed E-state index contributed by atoms with van der Waals surface area (Å²) in [6, 6.07) is 0. The summed E-state index contributed by atoms with van der Waals surface area (Å²) in [5.41, 5.74) is 0.117. The Morgan fingerprint density at radius 3 is 2.00 bits per heavy atom. The fourth-order valence-corrected chi connectivity index (χ4v) is 3.19. The number of allylic oxidation sites excluding steroid dienone is 2. The fraction of sp³-hybridized carbons (Fsp3) is 0.750. The average molecular weight is 294 g/mol. The molecule has 0 radical (unpaired) electrons. The molecule has 0 bridgehead atoms. The minimum absolute atomic E-state index is 0.0142.